The van der Waals surface area contributed by atoms with Crippen molar-refractivity contribution in [3.05, 3.63) is 5.69 Å². The van der Waals surface area contributed by atoms with E-state index in [2.05, 4.69) is 20.2 Å². The summed E-state index contributed by atoms with van der Waals surface area (Å²) in [7, 11) is 1.73. The van der Waals surface area contributed by atoms with Gasteiger partial charge in [-0.05, 0) is 38.1 Å². The van der Waals surface area contributed by atoms with Crippen LogP contribution < -0.4 is 20.7 Å². The molecule has 0 radical (unpaired) electrons. The van der Waals surface area contributed by atoms with Crippen LogP contribution in [0.5, 0.6) is 5.75 Å². The van der Waals surface area contributed by atoms with Gasteiger partial charge in [-0.2, -0.15) is 4.98 Å². The second-order valence-corrected chi connectivity index (χ2v) is 7.17. The van der Waals surface area contributed by atoms with Gasteiger partial charge >= 0.3 is 0 Å². The van der Waals surface area contributed by atoms with Gasteiger partial charge in [0.2, 0.25) is 5.95 Å². The molecule has 1 aliphatic carbocycles. The highest BCUT2D eigenvalue weighted by Crippen LogP contribution is 2.42. The summed E-state index contributed by atoms with van der Waals surface area (Å²) in [4.78, 5) is 11.5. The van der Waals surface area contributed by atoms with Gasteiger partial charge in [-0.1, -0.05) is 12.8 Å². The van der Waals surface area contributed by atoms with E-state index in [1.54, 1.807) is 7.11 Å². The van der Waals surface area contributed by atoms with Crippen LogP contribution in [-0.4, -0.2) is 42.8 Å². The maximum atomic E-state index is 6.04. The SMILES string of the molecule is COc1c(C2CCCC2)nc(N)nc1N1CC2CCCNC2C1. The van der Waals surface area contributed by atoms with Crippen LogP contribution in [0.15, 0.2) is 0 Å². The highest BCUT2D eigenvalue weighted by atomic mass is 16.5. The first-order valence-corrected chi connectivity index (χ1v) is 8.96. The van der Waals surface area contributed by atoms with Crippen molar-refractivity contribution >= 4 is 11.8 Å². The molecule has 6 nitrogen and oxygen atoms in total. The summed E-state index contributed by atoms with van der Waals surface area (Å²) in [6.45, 7) is 3.15. The molecule has 3 heterocycles. The lowest BCUT2D eigenvalue weighted by molar-refractivity contribution is 0.340. The molecule has 4 rings (SSSR count). The summed E-state index contributed by atoms with van der Waals surface area (Å²) in [5.74, 6) is 3.31. The van der Waals surface area contributed by atoms with Gasteiger partial charge in [0.15, 0.2) is 11.6 Å². The maximum absolute atomic E-state index is 6.04. The maximum Gasteiger partial charge on any atom is 0.222 e. The summed E-state index contributed by atoms with van der Waals surface area (Å²) in [5.41, 5.74) is 7.07. The predicted molar refractivity (Wildman–Crippen MR) is 90.9 cm³/mol. The van der Waals surface area contributed by atoms with Gasteiger partial charge in [0, 0.05) is 25.0 Å². The van der Waals surface area contributed by atoms with Crippen LogP contribution in [0.3, 0.4) is 0 Å². The van der Waals surface area contributed by atoms with Crippen molar-refractivity contribution in [3.8, 4) is 5.75 Å². The van der Waals surface area contributed by atoms with Crippen LogP contribution in [0.1, 0.15) is 50.1 Å². The number of nitrogens with zero attached hydrogens (tertiary/aromatic N) is 3. The number of rotatable bonds is 3. The second-order valence-electron chi connectivity index (χ2n) is 7.17. The zero-order valence-corrected chi connectivity index (χ0v) is 13.9. The van der Waals surface area contributed by atoms with Crippen molar-refractivity contribution in [2.24, 2.45) is 5.92 Å². The molecular weight excluding hydrogens is 290 g/mol. The molecule has 0 bridgehead atoms. The molecule has 2 unspecified atom stereocenters. The van der Waals surface area contributed by atoms with Gasteiger partial charge in [0.05, 0.1) is 12.8 Å². The Kier molecular flexibility index (Phi) is 4.01. The number of aromatic nitrogens is 2. The van der Waals surface area contributed by atoms with E-state index in [9.17, 15) is 0 Å². The Morgan fingerprint density at radius 1 is 1.13 bits per heavy atom. The molecular formula is C17H27N5O. The monoisotopic (exact) mass is 317 g/mol. The minimum absolute atomic E-state index is 0.380. The van der Waals surface area contributed by atoms with Gasteiger partial charge in [-0.25, -0.2) is 4.98 Å². The molecule has 23 heavy (non-hydrogen) atoms. The van der Waals surface area contributed by atoms with Crippen molar-refractivity contribution in [2.45, 2.75) is 50.5 Å². The smallest absolute Gasteiger partial charge is 0.222 e. The van der Waals surface area contributed by atoms with Crippen molar-refractivity contribution in [1.82, 2.24) is 15.3 Å². The van der Waals surface area contributed by atoms with Crippen molar-refractivity contribution in [3.63, 3.8) is 0 Å². The highest BCUT2D eigenvalue weighted by molar-refractivity contribution is 5.59. The number of nitrogens with two attached hydrogens (primary N) is 1. The fourth-order valence-electron chi connectivity index (χ4n) is 4.58. The number of ether oxygens (including phenoxy) is 1. The molecule has 126 valence electrons. The van der Waals surface area contributed by atoms with Gasteiger partial charge in [-0.3, -0.25) is 0 Å². The van der Waals surface area contributed by atoms with E-state index in [-0.39, 0.29) is 0 Å². The Bertz CT molecular complexity index is 558. The molecule has 2 saturated heterocycles. The number of nitrogen functional groups attached to an aromatic ring is 1. The molecule has 3 fully saturated rings. The van der Waals surface area contributed by atoms with Crippen molar-refractivity contribution in [2.75, 3.05) is 37.4 Å². The molecule has 1 saturated carbocycles. The van der Waals surface area contributed by atoms with Crippen LogP contribution in [0, 0.1) is 5.92 Å². The van der Waals surface area contributed by atoms with Crippen LogP contribution >= 0.6 is 0 Å². The lowest BCUT2D eigenvalue weighted by Crippen LogP contribution is -2.40. The lowest BCUT2D eigenvalue weighted by Gasteiger charge is -2.24. The van der Waals surface area contributed by atoms with E-state index in [0.717, 1.165) is 36.9 Å². The van der Waals surface area contributed by atoms with Crippen molar-refractivity contribution < 1.29 is 4.74 Å². The van der Waals surface area contributed by atoms with Crippen LogP contribution in [0.4, 0.5) is 11.8 Å². The van der Waals surface area contributed by atoms with Gasteiger partial charge in [0.1, 0.15) is 0 Å². The summed E-state index contributed by atoms with van der Waals surface area (Å²) < 4.78 is 5.77. The third kappa shape index (κ3) is 2.73. The minimum atomic E-state index is 0.380. The quantitative estimate of drug-likeness (QED) is 0.887. The van der Waals surface area contributed by atoms with Gasteiger partial charge in [-0.15, -0.1) is 0 Å². The third-order valence-corrected chi connectivity index (χ3v) is 5.74. The second kappa shape index (κ2) is 6.15. The largest absolute Gasteiger partial charge is 0.491 e. The first-order valence-electron chi connectivity index (χ1n) is 8.96. The first-order chi connectivity index (χ1) is 11.3. The molecule has 1 aromatic heterocycles. The lowest BCUT2D eigenvalue weighted by atomic mass is 9.94. The highest BCUT2D eigenvalue weighted by Gasteiger charge is 2.37. The fourth-order valence-corrected chi connectivity index (χ4v) is 4.58. The van der Waals surface area contributed by atoms with Gasteiger partial charge in [0.25, 0.3) is 0 Å². The standard InChI is InChI=1S/C17H27N5O/c1-23-15-14(11-5-2-3-6-11)20-17(18)21-16(15)22-9-12-7-4-8-19-13(12)10-22/h11-13,19H,2-10H2,1H3,(H2,18,20,21). The molecule has 2 aliphatic heterocycles. The molecule has 0 aromatic carbocycles. The molecule has 0 spiro atoms. The zero-order chi connectivity index (χ0) is 15.8. The van der Waals surface area contributed by atoms with E-state index in [0.29, 0.717) is 23.8 Å². The number of piperidine rings is 1. The summed E-state index contributed by atoms with van der Waals surface area (Å²) in [5, 5.41) is 3.65. The van der Waals surface area contributed by atoms with E-state index in [1.165, 1.54) is 38.5 Å². The molecule has 1 aromatic rings. The Balaban J connectivity index is 1.67. The van der Waals surface area contributed by atoms with Gasteiger partial charge < -0.3 is 20.7 Å². The average molecular weight is 317 g/mol. The summed E-state index contributed by atoms with van der Waals surface area (Å²) >= 11 is 0. The van der Waals surface area contributed by atoms with Crippen LogP contribution in [-0.2, 0) is 0 Å². The molecule has 3 N–H and O–H groups in total. The number of fused-ring (bicyclic) bond motifs is 1. The predicted octanol–water partition coefficient (Wildman–Crippen LogP) is 1.91. The Labute approximate surface area is 137 Å². The van der Waals surface area contributed by atoms with Crippen LogP contribution in [0.25, 0.3) is 0 Å². The molecule has 3 aliphatic rings. The van der Waals surface area contributed by atoms with Crippen molar-refractivity contribution in [1.29, 1.82) is 0 Å². The Morgan fingerprint density at radius 3 is 2.70 bits per heavy atom. The minimum Gasteiger partial charge on any atom is -0.491 e. The fraction of sp³-hybridized carbons (Fsp3) is 0.765. The number of methoxy groups -OCH3 is 1. The number of anilines is 2. The number of nitrogens with one attached hydrogen (secondary N) is 1. The first kappa shape index (κ1) is 15.0. The van der Waals surface area contributed by atoms with E-state index < -0.39 is 0 Å². The Hall–Kier alpha value is -1.56. The number of hydrogen-bond acceptors (Lipinski definition) is 6. The Morgan fingerprint density at radius 2 is 1.96 bits per heavy atom. The summed E-state index contributed by atoms with van der Waals surface area (Å²) in [6, 6.07) is 0.569. The van der Waals surface area contributed by atoms with E-state index >= 15 is 0 Å². The van der Waals surface area contributed by atoms with Crippen LogP contribution in [0.2, 0.25) is 0 Å². The zero-order valence-electron chi connectivity index (χ0n) is 13.9. The van der Waals surface area contributed by atoms with E-state index in [1.807, 2.05) is 0 Å². The average Bonchev–Trinajstić information content (AvgIpc) is 3.23. The molecule has 2 atom stereocenters. The molecule has 6 heteroatoms. The molecule has 0 amide bonds. The van der Waals surface area contributed by atoms with E-state index in [4.69, 9.17) is 10.5 Å². The summed E-state index contributed by atoms with van der Waals surface area (Å²) in [6.07, 6.45) is 7.46. The number of hydrogen-bond donors (Lipinski definition) is 2. The third-order valence-electron chi connectivity index (χ3n) is 5.74. The topological polar surface area (TPSA) is 76.3 Å². The normalized spacial score (nSPS) is 28.1.